The maximum atomic E-state index is 5.51. The van der Waals surface area contributed by atoms with Gasteiger partial charge >= 0.3 is 0 Å². The molecule has 1 heterocycles. The van der Waals surface area contributed by atoms with Crippen molar-refractivity contribution in [2.45, 2.75) is 6.54 Å². The van der Waals surface area contributed by atoms with Crippen molar-refractivity contribution < 1.29 is 18.9 Å². The van der Waals surface area contributed by atoms with Crippen molar-refractivity contribution in [1.29, 1.82) is 0 Å². The van der Waals surface area contributed by atoms with Crippen molar-refractivity contribution in [3.63, 3.8) is 0 Å². The van der Waals surface area contributed by atoms with E-state index >= 15 is 0 Å². The molecule has 7 nitrogen and oxygen atoms in total. The number of fused-ring (bicyclic) bond motifs is 3. The first kappa shape index (κ1) is 34.2. The van der Waals surface area contributed by atoms with Gasteiger partial charge in [0.2, 0.25) is 0 Å². The molecule has 54 heavy (non-hydrogen) atoms. The number of methoxy groups -OCH3 is 4. The van der Waals surface area contributed by atoms with Crippen LogP contribution in [0.15, 0.2) is 164 Å². The molecule has 0 radical (unpaired) electrons. The highest BCUT2D eigenvalue weighted by molar-refractivity contribution is 6.11. The maximum absolute atomic E-state index is 5.51. The summed E-state index contributed by atoms with van der Waals surface area (Å²) in [5.74, 6) is 3.22. The van der Waals surface area contributed by atoms with E-state index in [1.54, 1.807) is 28.4 Å². The number of hydrogen-bond donors (Lipinski definition) is 0. The number of aromatic nitrogens is 1. The van der Waals surface area contributed by atoms with Gasteiger partial charge in [0.15, 0.2) is 0 Å². The van der Waals surface area contributed by atoms with Crippen LogP contribution >= 0.6 is 0 Å². The molecule has 0 aliphatic carbocycles. The Morgan fingerprint density at radius 1 is 0.370 bits per heavy atom. The second-order valence-corrected chi connectivity index (χ2v) is 12.9. The Morgan fingerprint density at radius 2 is 0.685 bits per heavy atom. The number of benzene rings is 7. The minimum Gasteiger partial charge on any atom is -0.497 e. The lowest BCUT2D eigenvalue weighted by atomic mass is 10.1. The predicted molar refractivity (Wildman–Crippen MR) is 221 cm³/mol. The van der Waals surface area contributed by atoms with E-state index in [0.29, 0.717) is 0 Å². The van der Waals surface area contributed by atoms with Crippen LogP contribution < -0.4 is 28.7 Å². The first-order valence-corrected chi connectivity index (χ1v) is 17.8. The minimum absolute atomic E-state index is 0.737. The third-order valence-electron chi connectivity index (χ3n) is 9.85. The van der Waals surface area contributed by atoms with Crippen LogP contribution in [0.3, 0.4) is 0 Å². The van der Waals surface area contributed by atoms with Gasteiger partial charge in [-0.2, -0.15) is 0 Å². The summed E-state index contributed by atoms with van der Waals surface area (Å²) in [6.45, 7) is 0.737. The summed E-state index contributed by atoms with van der Waals surface area (Å²) in [6.07, 6.45) is 0. The molecule has 0 saturated heterocycles. The highest BCUT2D eigenvalue weighted by atomic mass is 16.5. The van der Waals surface area contributed by atoms with Gasteiger partial charge in [-0.25, -0.2) is 0 Å². The summed E-state index contributed by atoms with van der Waals surface area (Å²) in [4.78, 5) is 4.53. The fraction of sp³-hybridized carbons (Fsp3) is 0.106. The van der Waals surface area contributed by atoms with E-state index < -0.39 is 0 Å². The quantitative estimate of drug-likeness (QED) is 0.126. The zero-order valence-electron chi connectivity index (χ0n) is 30.8. The molecule has 268 valence electrons. The van der Waals surface area contributed by atoms with Crippen LogP contribution in [0.1, 0.15) is 5.56 Å². The molecule has 0 aliphatic rings. The third kappa shape index (κ3) is 6.63. The number of nitrogens with zero attached hydrogens (tertiary/aromatic N) is 3. The highest BCUT2D eigenvalue weighted by Gasteiger charge is 2.20. The fourth-order valence-electron chi connectivity index (χ4n) is 7.11. The number of anilines is 6. The molecule has 0 saturated carbocycles. The second-order valence-electron chi connectivity index (χ2n) is 12.9. The lowest BCUT2D eigenvalue weighted by Crippen LogP contribution is -2.10. The summed E-state index contributed by atoms with van der Waals surface area (Å²) in [5, 5.41) is 2.30. The summed E-state index contributed by atoms with van der Waals surface area (Å²) in [5.41, 5.74) is 9.66. The molecule has 8 rings (SSSR count). The molecule has 0 aliphatic heterocycles. The van der Waals surface area contributed by atoms with Gasteiger partial charge in [0.1, 0.15) is 23.0 Å². The van der Waals surface area contributed by atoms with Gasteiger partial charge in [-0.3, -0.25) is 0 Å². The fourth-order valence-corrected chi connectivity index (χ4v) is 7.11. The SMILES string of the molecule is COc1ccc(N(c2ccc(OC)cc2)c2ccc3c(c2)c2cc(N(c4ccc(OC)cc4)c4ccc(OC)cc4)ccc2n3Cc2ccccc2)cc1. The molecule has 0 spiro atoms. The predicted octanol–water partition coefficient (Wildman–Crippen LogP) is 11.8. The average molecular weight is 712 g/mol. The molecule has 0 fully saturated rings. The molecule has 0 atom stereocenters. The Labute approximate surface area is 315 Å². The van der Waals surface area contributed by atoms with Gasteiger partial charge in [-0.15, -0.1) is 0 Å². The van der Waals surface area contributed by atoms with Crippen molar-refractivity contribution in [2.24, 2.45) is 0 Å². The van der Waals surface area contributed by atoms with E-state index in [-0.39, 0.29) is 0 Å². The molecule has 8 aromatic rings. The van der Waals surface area contributed by atoms with Crippen molar-refractivity contribution in [1.82, 2.24) is 4.57 Å². The van der Waals surface area contributed by atoms with E-state index in [4.69, 9.17) is 18.9 Å². The summed E-state index contributed by atoms with van der Waals surface area (Å²) in [6, 6.07) is 56.8. The number of rotatable bonds is 12. The standard InChI is InChI=1S/C47H41N3O4/c1-51-40-20-10-34(11-21-40)49(35-12-22-41(52-2)23-13-35)38-18-28-46-44(30-38)45-31-39(19-29-47(45)48(46)32-33-8-6-5-7-9-33)50(36-14-24-42(53-3)25-15-36)37-16-26-43(54-4)27-17-37/h5-31H,32H2,1-4H3. The van der Waals surface area contributed by atoms with E-state index in [2.05, 4.69) is 130 Å². The first-order chi connectivity index (χ1) is 26.6. The van der Waals surface area contributed by atoms with Crippen LogP contribution in [0.2, 0.25) is 0 Å². The Kier molecular flexibility index (Phi) is 9.52. The molecule has 7 heteroatoms. The summed E-state index contributed by atoms with van der Waals surface area (Å²) in [7, 11) is 6.75. The number of ether oxygens (including phenoxy) is 4. The van der Waals surface area contributed by atoms with Gasteiger partial charge in [-0.05, 0) is 139 Å². The second kappa shape index (κ2) is 15.0. The Hall–Kier alpha value is -6.86. The number of hydrogen-bond acceptors (Lipinski definition) is 6. The van der Waals surface area contributed by atoms with E-state index in [0.717, 1.165) is 85.5 Å². The Balaban J connectivity index is 1.34. The smallest absolute Gasteiger partial charge is 0.119 e. The normalized spacial score (nSPS) is 11.0. The van der Waals surface area contributed by atoms with E-state index in [9.17, 15) is 0 Å². The lowest BCUT2D eigenvalue weighted by molar-refractivity contribution is 0.414. The molecule has 1 aromatic heterocycles. The molecule has 7 aromatic carbocycles. The highest BCUT2D eigenvalue weighted by Crippen LogP contribution is 2.43. The largest absolute Gasteiger partial charge is 0.497 e. The van der Waals surface area contributed by atoms with Crippen molar-refractivity contribution in [2.75, 3.05) is 38.2 Å². The van der Waals surface area contributed by atoms with Crippen molar-refractivity contribution in [3.8, 4) is 23.0 Å². The summed E-state index contributed by atoms with van der Waals surface area (Å²) >= 11 is 0. The Bertz CT molecular complexity index is 2240. The maximum Gasteiger partial charge on any atom is 0.119 e. The van der Waals surface area contributed by atoms with Gasteiger partial charge in [-0.1, -0.05) is 30.3 Å². The van der Waals surface area contributed by atoms with Gasteiger partial charge in [0, 0.05) is 62.5 Å². The Morgan fingerprint density at radius 3 is 1.00 bits per heavy atom. The molecule has 0 N–H and O–H groups in total. The topological polar surface area (TPSA) is 48.3 Å². The van der Waals surface area contributed by atoms with Gasteiger partial charge in [0.25, 0.3) is 0 Å². The van der Waals surface area contributed by atoms with Crippen LogP contribution in [0.5, 0.6) is 23.0 Å². The molecular weight excluding hydrogens is 671 g/mol. The van der Waals surface area contributed by atoms with Crippen molar-refractivity contribution in [3.05, 3.63) is 169 Å². The average Bonchev–Trinajstić information content (AvgIpc) is 3.54. The van der Waals surface area contributed by atoms with Crippen LogP contribution in [-0.2, 0) is 6.54 Å². The van der Waals surface area contributed by atoms with Crippen LogP contribution in [0, 0.1) is 0 Å². The molecule has 0 unspecified atom stereocenters. The van der Waals surface area contributed by atoms with E-state index in [1.165, 1.54) is 5.56 Å². The van der Waals surface area contributed by atoms with Gasteiger partial charge in [0.05, 0.1) is 28.4 Å². The van der Waals surface area contributed by atoms with Gasteiger partial charge < -0.3 is 33.3 Å². The van der Waals surface area contributed by atoms with Crippen LogP contribution in [-0.4, -0.2) is 33.0 Å². The monoisotopic (exact) mass is 711 g/mol. The molecular formula is C47H41N3O4. The zero-order valence-corrected chi connectivity index (χ0v) is 30.8. The zero-order chi connectivity index (χ0) is 37.0. The molecule has 0 amide bonds. The van der Waals surface area contributed by atoms with Crippen LogP contribution in [0.25, 0.3) is 21.8 Å². The van der Waals surface area contributed by atoms with Crippen molar-refractivity contribution >= 4 is 55.9 Å². The minimum atomic E-state index is 0.737. The lowest BCUT2D eigenvalue weighted by Gasteiger charge is -2.26. The summed E-state index contributed by atoms with van der Waals surface area (Å²) < 4.78 is 24.5. The first-order valence-electron chi connectivity index (χ1n) is 17.8. The third-order valence-corrected chi connectivity index (χ3v) is 9.85. The van der Waals surface area contributed by atoms with Crippen LogP contribution in [0.4, 0.5) is 34.1 Å². The molecule has 0 bridgehead atoms. The van der Waals surface area contributed by atoms with E-state index in [1.807, 2.05) is 48.5 Å².